The minimum Gasteiger partial charge on any atom is -0.364 e. The van der Waals surface area contributed by atoms with E-state index in [4.69, 9.17) is 0 Å². The maximum Gasteiger partial charge on any atom is 0.254 e. The van der Waals surface area contributed by atoms with E-state index in [-0.39, 0.29) is 5.91 Å². The summed E-state index contributed by atoms with van der Waals surface area (Å²) in [5.41, 5.74) is 1.87. The molecule has 0 aliphatic heterocycles. The van der Waals surface area contributed by atoms with Gasteiger partial charge in [-0.1, -0.05) is 10.3 Å². The highest BCUT2D eigenvalue weighted by atomic mass is 16.6. The maximum absolute atomic E-state index is 11.6. The van der Waals surface area contributed by atoms with Crippen molar-refractivity contribution < 1.29 is 9.42 Å². The lowest BCUT2D eigenvalue weighted by molar-refractivity contribution is 0.0963. The van der Waals surface area contributed by atoms with Crippen molar-refractivity contribution in [3.8, 4) is 0 Å². The Labute approximate surface area is 104 Å². The zero-order chi connectivity index (χ0) is 13.0. The number of rotatable bonds is 4. The minimum atomic E-state index is -0.194. The second-order valence-electron chi connectivity index (χ2n) is 3.63. The van der Waals surface area contributed by atoms with Crippen LogP contribution in [0.15, 0.2) is 23.0 Å². The van der Waals surface area contributed by atoms with E-state index in [1.54, 1.807) is 32.3 Å². The molecule has 7 heteroatoms. The molecule has 0 bridgehead atoms. The molecule has 7 nitrogen and oxygen atoms in total. The number of anilines is 1. The number of pyridine rings is 1. The van der Waals surface area contributed by atoms with Gasteiger partial charge in [0.2, 0.25) is 0 Å². The first-order valence-electron chi connectivity index (χ1n) is 5.41. The molecule has 0 saturated heterocycles. The number of carbonyl (C=O) groups excluding carboxylic acids is 1. The highest BCUT2D eigenvalue weighted by molar-refractivity contribution is 5.98. The van der Waals surface area contributed by atoms with Gasteiger partial charge in [0.1, 0.15) is 17.2 Å². The number of hydrogen-bond donors (Lipinski definition) is 2. The third-order valence-corrected chi connectivity index (χ3v) is 2.45. The largest absolute Gasteiger partial charge is 0.364 e. The van der Waals surface area contributed by atoms with Gasteiger partial charge in [0.05, 0.1) is 12.1 Å². The van der Waals surface area contributed by atoms with Gasteiger partial charge in [0.25, 0.3) is 5.91 Å². The van der Waals surface area contributed by atoms with E-state index in [1.807, 2.05) is 0 Å². The molecule has 18 heavy (non-hydrogen) atoms. The highest BCUT2D eigenvalue weighted by Crippen LogP contribution is 2.12. The molecule has 2 aromatic rings. The average molecular weight is 247 g/mol. The molecule has 0 fully saturated rings. The number of aromatic nitrogens is 3. The maximum atomic E-state index is 11.6. The highest BCUT2D eigenvalue weighted by Gasteiger charge is 2.11. The normalized spacial score (nSPS) is 10.1. The molecule has 2 heterocycles. The van der Waals surface area contributed by atoms with Crippen LogP contribution in [-0.4, -0.2) is 28.3 Å². The van der Waals surface area contributed by atoms with Crippen molar-refractivity contribution in [2.45, 2.75) is 13.5 Å². The number of hydrogen-bond acceptors (Lipinski definition) is 6. The first-order chi connectivity index (χ1) is 8.72. The standard InChI is InChI=1S/C11H13N5O2/c1-7-9(16-18-15-7)6-14-10-8(11(17)12-2)4-3-5-13-10/h3-5H,6H2,1-2H3,(H,12,17)(H,13,14). The molecule has 0 spiro atoms. The Morgan fingerprint density at radius 2 is 2.28 bits per heavy atom. The molecule has 2 aromatic heterocycles. The number of nitrogens with zero attached hydrogens (tertiary/aromatic N) is 3. The summed E-state index contributed by atoms with van der Waals surface area (Å²) in [6, 6.07) is 3.40. The van der Waals surface area contributed by atoms with Gasteiger partial charge < -0.3 is 10.6 Å². The zero-order valence-electron chi connectivity index (χ0n) is 10.1. The summed E-state index contributed by atoms with van der Waals surface area (Å²) in [5, 5.41) is 13.0. The summed E-state index contributed by atoms with van der Waals surface area (Å²) < 4.78 is 4.59. The molecular weight excluding hydrogens is 234 g/mol. The lowest BCUT2D eigenvalue weighted by Gasteiger charge is -2.08. The Kier molecular flexibility index (Phi) is 3.52. The van der Waals surface area contributed by atoms with Gasteiger partial charge in [-0.15, -0.1) is 0 Å². The van der Waals surface area contributed by atoms with Crippen LogP contribution >= 0.6 is 0 Å². The third-order valence-electron chi connectivity index (χ3n) is 2.45. The molecule has 0 saturated carbocycles. The van der Waals surface area contributed by atoms with Crippen molar-refractivity contribution >= 4 is 11.7 Å². The van der Waals surface area contributed by atoms with Crippen LogP contribution in [0.2, 0.25) is 0 Å². The van der Waals surface area contributed by atoms with Crippen LogP contribution in [0.4, 0.5) is 5.82 Å². The molecular formula is C11H13N5O2. The Bertz CT molecular complexity index is 552. The van der Waals surface area contributed by atoms with E-state index in [1.165, 1.54) is 0 Å². The number of aryl methyl sites for hydroxylation is 1. The average Bonchev–Trinajstić information content (AvgIpc) is 2.81. The Hall–Kier alpha value is -2.44. The van der Waals surface area contributed by atoms with Crippen molar-refractivity contribution in [2.75, 3.05) is 12.4 Å². The predicted molar refractivity (Wildman–Crippen MR) is 64.0 cm³/mol. The lowest BCUT2D eigenvalue weighted by atomic mass is 10.2. The number of carbonyl (C=O) groups is 1. The Morgan fingerprint density at radius 1 is 1.44 bits per heavy atom. The summed E-state index contributed by atoms with van der Waals surface area (Å²) in [7, 11) is 1.57. The lowest BCUT2D eigenvalue weighted by Crippen LogP contribution is -2.20. The quantitative estimate of drug-likeness (QED) is 0.828. The van der Waals surface area contributed by atoms with Crippen molar-refractivity contribution in [2.24, 2.45) is 0 Å². The van der Waals surface area contributed by atoms with Crippen LogP contribution < -0.4 is 10.6 Å². The Balaban J connectivity index is 2.14. The van der Waals surface area contributed by atoms with Gasteiger partial charge >= 0.3 is 0 Å². The fraction of sp³-hybridized carbons (Fsp3) is 0.273. The molecule has 0 radical (unpaired) electrons. The third kappa shape index (κ3) is 2.45. The van der Waals surface area contributed by atoms with Crippen molar-refractivity contribution in [1.82, 2.24) is 20.6 Å². The van der Waals surface area contributed by atoms with E-state index in [2.05, 4.69) is 30.6 Å². The number of nitrogens with one attached hydrogen (secondary N) is 2. The molecule has 0 aromatic carbocycles. The zero-order valence-corrected chi connectivity index (χ0v) is 10.1. The summed E-state index contributed by atoms with van der Waals surface area (Å²) in [6.07, 6.45) is 1.61. The van der Waals surface area contributed by atoms with Gasteiger partial charge in [-0.05, 0) is 19.1 Å². The topological polar surface area (TPSA) is 92.9 Å². The van der Waals surface area contributed by atoms with Gasteiger partial charge in [-0.2, -0.15) is 0 Å². The molecule has 1 amide bonds. The van der Waals surface area contributed by atoms with Crippen LogP contribution in [0, 0.1) is 6.92 Å². The predicted octanol–water partition coefficient (Wildman–Crippen LogP) is 0.745. The van der Waals surface area contributed by atoms with Gasteiger partial charge in [0.15, 0.2) is 0 Å². The summed E-state index contributed by atoms with van der Waals surface area (Å²) >= 11 is 0. The van der Waals surface area contributed by atoms with Crippen LogP contribution in [0.1, 0.15) is 21.7 Å². The summed E-state index contributed by atoms with van der Waals surface area (Å²) in [6.45, 7) is 2.20. The fourth-order valence-corrected chi connectivity index (χ4v) is 1.44. The first-order valence-corrected chi connectivity index (χ1v) is 5.41. The minimum absolute atomic E-state index is 0.194. The van der Waals surface area contributed by atoms with Gasteiger partial charge in [-0.3, -0.25) is 4.79 Å². The summed E-state index contributed by atoms with van der Waals surface area (Å²) in [4.78, 5) is 15.8. The van der Waals surface area contributed by atoms with Crippen LogP contribution in [0.3, 0.4) is 0 Å². The van der Waals surface area contributed by atoms with Crippen LogP contribution in [0.25, 0.3) is 0 Å². The molecule has 0 aliphatic rings. The monoisotopic (exact) mass is 247 g/mol. The second kappa shape index (κ2) is 5.26. The van der Waals surface area contributed by atoms with Crippen LogP contribution in [0.5, 0.6) is 0 Å². The Morgan fingerprint density at radius 3 is 2.94 bits per heavy atom. The molecule has 2 N–H and O–H groups in total. The first kappa shape index (κ1) is 12.0. The van der Waals surface area contributed by atoms with Crippen LogP contribution in [-0.2, 0) is 6.54 Å². The van der Waals surface area contributed by atoms with Crippen molar-refractivity contribution in [3.05, 3.63) is 35.3 Å². The molecule has 0 atom stereocenters. The fourth-order valence-electron chi connectivity index (χ4n) is 1.44. The SMILES string of the molecule is CNC(=O)c1cccnc1NCc1nonc1C. The van der Waals surface area contributed by atoms with E-state index in [9.17, 15) is 4.79 Å². The molecule has 2 rings (SSSR count). The number of amides is 1. The molecule has 0 unspecified atom stereocenters. The van der Waals surface area contributed by atoms with Gasteiger partial charge in [-0.25, -0.2) is 9.61 Å². The van der Waals surface area contributed by atoms with E-state index in [0.29, 0.717) is 29.3 Å². The van der Waals surface area contributed by atoms with E-state index in [0.717, 1.165) is 0 Å². The second-order valence-corrected chi connectivity index (χ2v) is 3.63. The molecule has 0 aliphatic carbocycles. The van der Waals surface area contributed by atoms with E-state index >= 15 is 0 Å². The smallest absolute Gasteiger partial charge is 0.254 e. The van der Waals surface area contributed by atoms with Crippen molar-refractivity contribution in [1.29, 1.82) is 0 Å². The van der Waals surface area contributed by atoms with Crippen molar-refractivity contribution in [3.63, 3.8) is 0 Å². The summed E-state index contributed by atoms with van der Waals surface area (Å²) in [5.74, 6) is 0.305. The van der Waals surface area contributed by atoms with Gasteiger partial charge in [0, 0.05) is 13.2 Å². The molecule has 94 valence electrons. The van der Waals surface area contributed by atoms with E-state index < -0.39 is 0 Å².